The Kier molecular flexibility index (Phi) is 6.63. The summed E-state index contributed by atoms with van der Waals surface area (Å²) in [7, 11) is 0. The minimum absolute atomic E-state index is 0.106. The van der Waals surface area contributed by atoms with Crippen molar-refractivity contribution in [2.45, 2.75) is 52.1 Å². The Bertz CT molecular complexity index is 1270. The third kappa shape index (κ3) is 4.56. The predicted octanol–water partition coefficient (Wildman–Crippen LogP) is 3.25. The quantitative estimate of drug-likeness (QED) is 0.459. The molecule has 1 aliphatic rings. The van der Waals surface area contributed by atoms with Crippen molar-refractivity contribution in [3.8, 4) is 0 Å². The Morgan fingerprint density at radius 2 is 1.84 bits per heavy atom. The summed E-state index contributed by atoms with van der Waals surface area (Å²) < 4.78 is 2.84. The number of aromatic nitrogens is 3. The van der Waals surface area contributed by atoms with E-state index >= 15 is 0 Å². The highest BCUT2D eigenvalue weighted by atomic mass is 16.2. The molecule has 2 heterocycles. The van der Waals surface area contributed by atoms with Crippen LogP contribution in [0.2, 0.25) is 0 Å². The van der Waals surface area contributed by atoms with Gasteiger partial charge in [0.2, 0.25) is 0 Å². The first kappa shape index (κ1) is 21.7. The lowest BCUT2D eigenvalue weighted by Crippen LogP contribution is -2.41. The molecular weight excluding hydrogens is 404 g/mol. The standard InChI is InChI=1S/C25H28N4O3/c1-2-28-22-21(9-6-15-26-22)29(25(32)24(28)31)17-19-10-12-20(13-11-19)23(30)27-16-14-18-7-4-3-5-8-18/h6-7,9-13,15H,2-5,8,14,16-17H2,1H3,(H,27,30). The fourth-order valence-electron chi connectivity index (χ4n) is 4.21. The number of rotatable bonds is 7. The van der Waals surface area contributed by atoms with Gasteiger partial charge in [-0.1, -0.05) is 23.8 Å². The van der Waals surface area contributed by atoms with Crippen LogP contribution in [0.1, 0.15) is 54.9 Å². The Hall–Kier alpha value is -3.48. The number of hydrogen-bond donors (Lipinski definition) is 1. The van der Waals surface area contributed by atoms with Gasteiger partial charge < -0.3 is 5.32 Å². The molecule has 32 heavy (non-hydrogen) atoms. The van der Waals surface area contributed by atoms with Crippen LogP contribution in [0.4, 0.5) is 0 Å². The van der Waals surface area contributed by atoms with E-state index in [1.807, 2.05) is 19.1 Å². The lowest BCUT2D eigenvalue weighted by Gasteiger charge is -2.14. The summed E-state index contributed by atoms with van der Waals surface area (Å²) in [5.41, 5.74) is 2.78. The molecule has 0 saturated carbocycles. The smallest absolute Gasteiger partial charge is 0.318 e. The maximum absolute atomic E-state index is 12.7. The summed E-state index contributed by atoms with van der Waals surface area (Å²) in [4.78, 5) is 42.0. The molecule has 0 saturated heterocycles. The van der Waals surface area contributed by atoms with Gasteiger partial charge in [-0.05, 0) is 68.9 Å². The van der Waals surface area contributed by atoms with E-state index in [1.54, 1.807) is 30.5 Å². The van der Waals surface area contributed by atoms with Crippen molar-refractivity contribution in [1.29, 1.82) is 0 Å². The Morgan fingerprint density at radius 3 is 2.56 bits per heavy atom. The lowest BCUT2D eigenvalue weighted by atomic mass is 9.97. The zero-order valence-electron chi connectivity index (χ0n) is 18.3. The van der Waals surface area contributed by atoms with Crippen molar-refractivity contribution < 1.29 is 4.79 Å². The van der Waals surface area contributed by atoms with Gasteiger partial charge in [0.05, 0.1) is 12.1 Å². The van der Waals surface area contributed by atoms with Crippen LogP contribution in [0, 0.1) is 0 Å². The molecular formula is C25H28N4O3. The number of carbonyl (C=O) groups excluding carboxylic acids is 1. The van der Waals surface area contributed by atoms with Crippen LogP contribution in [0.3, 0.4) is 0 Å². The maximum Gasteiger partial charge on any atom is 0.318 e. The van der Waals surface area contributed by atoms with Gasteiger partial charge >= 0.3 is 11.1 Å². The Labute approximate surface area is 186 Å². The van der Waals surface area contributed by atoms with Gasteiger partial charge in [-0.25, -0.2) is 4.98 Å². The van der Waals surface area contributed by atoms with Crippen LogP contribution in [-0.4, -0.2) is 26.6 Å². The molecule has 2 aromatic heterocycles. The maximum atomic E-state index is 12.7. The molecule has 4 rings (SSSR count). The molecule has 0 spiro atoms. The number of nitrogens with zero attached hydrogens (tertiary/aromatic N) is 3. The molecule has 3 aromatic rings. The highest BCUT2D eigenvalue weighted by Crippen LogP contribution is 2.19. The van der Waals surface area contributed by atoms with Gasteiger partial charge in [0.1, 0.15) is 0 Å². The average Bonchev–Trinajstić information content (AvgIpc) is 2.83. The van der Waals surface area contributed by atoms with Crippen LogP contribution in [0.5, 0.6) is 0 Å². The summed E-state index contributed by atoms with van der Waals surface area (Å²) in [6, 6.07) is 10.7. The van der Waals surface area contributed by atoms with E-state index in [0.717, 1.165) is 24.8 Å². The van der Waals surface area contributed by atoms with E-state index in [0.29, 0.717) is 29.8 Å². The summed E-state index contributed by atoms with van der Waals surface area (Å²) in [6.07, 6.45) is 9.59. The van der Waals surface area contributed by atoms with Crippen molar-refractivity contribution >= 4 is 17.1 Å². The monoisotopic (exact) mass is 432 g/mol. The molecule has 1 amide bonds. The minimum Gasteiger partial charge on any atom is -0.352 e. The average molecular weight is 433 g/mol. The SMILES string of the molecule is CCn1c(=O)c(=O)n(Cc2ccc(C(=O)NCCC3=CCCCC3)cc2)c2cccnc21. The van der Waals surface area contributed by atoms with Gasteiger partial charge in [0.25, 0.3) is 5.91 Å². The lowest BCUT2D eigenvalue weighted by molar-refractivity contribution is 0.0954. The first-order valence-electron chi connectivity index (χ1n) is 11.2. The van der Waals surface area contributed by atoms with Crippen LogP contribution in [0.25, 0.3) is 11.2 Å². The van der Waals surface area contributed by atoms with E-state index in [4.69, 9.17) is 0 Å². The van der Waals surface area contributed by atoms with Gasteiger partial charge in [-0.15, -0.1) is 0 Å². The first-order valence-corrected chi connectivity index (χ1v) is 11.2. The van der Waals surface area contributed by atoms with Crippen molar-refractivity contribution in [1.82, 2.24) is 19.4 Å². The van der Waals surface area contributed by atoms with E-state index in [1.165, 1.54) is 27.5 Å². The van der Waals surface area contributed by atoms with E-state index < -0.39 is 11.1 Å². The summed E-state index contributed by atoms with van der Waals surface area (Å²) in [5.74, 6) is -0.106. The summed E-state index contributed by atoms with van der Waals surface area (Å²) >= 11 is 0. The molecule has 1 aliphatic carbocycles. The second kappa shape index (κ2) is 9.77. The molecule has 0 aliphatic heterocycles. The molecule has 0 bridgehead atoms. The number of carbonyl (C=O) groups is 1. The molecule has 1 N–H and O–H groups in total. The third-order valence-electron chi connectivity index (χ3n) is 5.98. The normalized spacial score (nSPS) is 13.7. The molecule has 0 fully saturated rings. The van der Waals surface area contributed by atoms with Crippen molar-refractivity contribution in [3.05, 3.63) is 86.1 Å². The van der Waals surface area contributed by atoms with Gasteiger partial charge in [0.15, 0.2) is 5.65 Å². The topological polar surface area (TPSA) is 86.0 Å². The molecule has 166 valence electrons. The van der Waals surface area contributed by atoms with Crippen molar-refractivity contribution in [2.75, 3.05) is 6.54 Å². The Balaban J connectivity index is 1.48. The summed E-state index contributed by atoms with van der Waals surface area (Å²) in [5, 5.41) is 2.98. The zero-order valence-corrected chi connectivity index (χ0v) is 18.3. The molecule has 0 radical (unpaired) electrons. The fraction of sp³-hybridized carbons (Fsp3) is 0.360. The predicted molar refractivity (Wildman–Crippen MR) is 125 cm³/mol. The van der Waals surface area contributed by atoms with Gasteiger partial charge in [-0.2, -0.15) is 0 Å². The number of pyridine rings is 1. The van der Waals surface area contributed by atoms with E-state index in [9.17, 15) is 14.4 Å². The highest BCUT2D eigenvalue weighted by Gasteiger charge is 2.14. The first-order chi connectivity index (χ1) is 15.6. The minimum atomic E-state index is -0.581. The second-order valence-corrected chi connectivity index (χ2v) is 8.10. The van der Waals surface area contributed by atoms with Crippen LogP contribution in [-0.2, 0) is 13.1 Å². The van der Waals surface area contributed by atoms with Crippen molar-refractivity contribution in [3.63, 3.8) is 0 Å². The molecule has 0 atom stereocenters. The van der Waals surface area contributed by atoms with E-state index in [-0.39, 0.29) is 12.5 Å². The molecule has 7 heteroatoms. The molecule has 1 aromatic carbocycles. The number of hydrogen-bond acceptors (Lipinski definition) is 4. The van der Waals surface area contributed by atoms with Gasteiger partial charge in [0, 0.05) is 24.8 Å². The molecule has 0 unspecified atom stereocenters. The number of fused-ring (bicyclic) bond motifs is 1. The number of nitrogens with one attached hydrogen (secondary N) is 1. The molecule has 7 nitrogen and oxygen atoms in total. The number of allylic oxidation sites excluding steroid dienone is 1. The number of aryl methyl sites for hydroxylation is 1. The third-order valence-corrected chi connectivity index (χ3v) is 5.98. The fourth-order valence-corrected chi connectivity index (χ4v) is 4.21. The van der Waals surface area contributed by atoms with Crippen LogP contribution >= 0.6 is 0 Å². The number of amides is 1. The Morgan fingerprint density at radius 1 is 1.06 bits per heavy atom. The van der Waals surface area contributed by atoms with E-state index in [2.05, 4.69) is 16.4 Å². The van der Waals surface area contributed by atoms with Crippen molar-refractivity contribution in [2.24, 2.45) is 0 Å². The van der Waals surface area contributed by atoms with Gasteiger partial charge in [-0.3, -0.25) is 23.5 Å². The highest BCUT2D eigenvalue weighted by molar-refractivity contribution is 5.94. The van der Waals surface area contributed by atoms with Crippen LogP contribution < -0.4 is 16.4 Å². The largest absolute Gasteiger partial charge is 0.352 e. The number of benzene rings is 1. The zero-order chi connectivity index (χ0) is 22.5. The van der Waals surface area contributed by atoms with Crippen LogP contribution in [0.15, 0.2) is 63.8 Å². The second-order valence-electron chi connectivity index (χ2n) is 8.10. The summed E-state index contributed by atoms with van der Waals surface area (Å²) in [6.45, 7) is 3.06.